The highest BCUT2D eigenvalue weighted by Crippen LogP contribution is 2.20. The Hall–Kier alpha value is -1.66. The third kappa shape index (κ3) is 15.8. The molecule has 2 rings (SSSR count). The lowest BCUT2D eigenvalue weighted by Crippen LogP contribution is -2.28. The van der Waals surface area contributed by atoms with Gasteiger partial charge in [-0.1, -0.05) is 96.5 Å². The molecule has 0 aliphatic carbocycles. The molecule has 1 amide bonds. The highest BCUT2D eigenvalue weighted by molar-refractivity contribution is 5.67. The summed E-state index contributed by atoms with van der Waals surface area (Å²) in [5, 5.41) is 2.72. The van der Waals surface area contributed by atoms with E-state index in [1.54, 1.807) is 6.20 Å². The number of amides is 1. The van der Waals surface area contributed by atoms with E-state index in [0.717, 1.165) is 31.6 Å². The van der Waals surface area contributed by atoms with E-state index in [-0.39, 0.29) is 18.8 Å². The first-order chi connectivity index (χ1) is 17.3. The molecule has 2 unspecified atom stereocenters. The summed E-state index contributed by atoms with van der Waals surface area (Å²) in [5.41, 5.74) is 0.803. The van der Waals surface area contributed by atoms with Crippen LogP contribution in [0.4, 0.5) is 4.79 Å². The van der Waals surface area contributed by atoms with E-state index in [2.05, 4.69) is 17.2 Å². The third-order valence-electron chi connectivity index (χ3n) is 6.68. The van der Waals surface area contributed by atoms with E-state index in [9.17, 15) is 4.79 Å². The molecule has 6 nitrogen and oxygen atoms in total. The van der Waals surface area contributed by atoms with Gasteiger partial charge in [-0.2, -0.15) is 0 Å². The van der Waals surface area contributed by atoms with Gasteiger partial charge in [0.05, 0.1) is 31.1 Å². The molecule has 35 heavy (non-hydrogen) atoms. The first kappa shape index (κ1) is 29.6. The van der Waals surface area contributed by atoms with E-state index in [1.165, 1.54) is 83.5 Å². The van der Waals surface area contributed by atoms with Crippen LogP contribution in [0.5, 0.6) is 0 Å². The van der Waals surface area contributed by atoms with Crippen molar-refractivity contribution in [3.8, 4) is 0 Å². The van der Waals surface area contributed by atoms with Crippen LogP contribution in [0.15, 0.2) is 24.4 Å². The smallest absolute Gasteiger partial charge is 0.407 e. The van der Waals surface area contributed by atoms with Crippen LogP contribution in [0.25, 0.3) is 0 Å². The summed E-state index contributed by atoms with van der Waals surface area (Å²) in [7, 11) is 0. The predicted octanol–water partition coefficient (Wildman–Crippen LogP) is 7.35. The number of hydrogen-bond donors (Lipinski definition) is 1. The van der Waals surface area contributed by atoms with E-state index in [0.29, 0.717) is 13.2 Å². The molecule has 0 radical (unpaired) electrons. The van der Waals surface area contributed by atoms with Gasteiger partial charge in [-0.15, -0.1) is 0 Å². The fourth-order valence-electron chi connectivity index (χ4n) is 4.52. The second kappa shape index (κ2) is 20.5. The van der Waals surface area contributed by atoms with Gasteiger partial charge in [0.15, 0.2) is 0 Å². The van der Waals surface area contributed by atoms with Crippen molar-refractivity contribution in [1.82, 2.24) is 10.3 Å². The van der Waals surface area contributed by atoms with Gasteiger partial charge >= 0.3 is 6.09 Å². The molecule has 2 heterocycles. The summed E-state index contributed by atoms with van der Waals surface area (Å²) in [6, 6.07) is 5.60. The first-order valence-electron chi connectivity index (χ1n) is 14.3. The number of rotatable bonds is 21. The minimum Gasteiger partial charge on any atom is -0.447 e. The van der Waals surface area contributed by atoms with Crippen LogP contribution in [0.2, 0.25) is 0 Å². The number of carbonyl (C=O) groups excluding carboxylic acids is 1. The van der Waals surface area contributed by atoms with E-state index in [4.69, 9.17) is 14.2 Å². The van der Waals surface area contributed by atoms with Crippen molar-refractivity contribution in [2.75, 3.05) is 19.8 Å². The number of carbonyl (C=O) groups is 1. The number of hydrogen-bond acceptors (Lipinski definition) is 5. The molecular formula is C29H50N2O4. The lowest BCUT2D eigenvalue weighted by atomic mass is 10.0. The van der Waals surface area contributed by atoms with Gasteiger partial charge in [-0.25, -0.2) is 4.79 Å². The maximum Gasteiger partial charge on any atom is 0.407 e. The lowest BCUT2D eigenvalue weighted by molar-refractivity contribution is -0.0344. The predicted molar refractivity (Wildman–Crippen MR) is 141 cm³/mol. The molecule has 1 aromatic rings. The fourth-order valence-corrected chi connectivity index (χ4v) is 4.52. The molecule has 6 heteroatoms. The highest BCUT2D eigenvalue weighted by Gasteiger charge is 2.26. The van der Waals surface area contributed by atoms with Gasteiger partial charge in [0.1, 0.15) is 6.61 Å². The Balaban J connectivity index is 1.31. The van der Waals surface area contributed by atoms with E-state index < -0.39 is 6.09 Å². The molecule has 1 fully saturated rings. The molecule has 200 valence electrons. The summed E-state index contributed by atoms with van der Waals surface area (Å²) < 4.78 is 17.1. The van der Waals surface area contributed by atoms with Crippen LogP contribution in [-0.2, 0) is 20.8 Å². The molecule has 0 saturated carbocycles. The minimum absolute atomic E-state index is 0.0368. The summed E-state index contributed by atoms with van der Waals surface area (Å²) in [6.07, 6.45) is 22.4. The zero-order chi connectivity index (χ0) is 24.8. The monoisotopic (exact) mass is 490 g/mol. The molecule has 0 aromatic carbocycles. The maximum atomic E-state index is 11.9. The zero-order valence-electron chi connectivity index (χ0n) is 22.2. The van der Waals surface area contributed by atoms with Crippen LogP contribution in [0.1, 0.15) is 115 Å². The molecule has 1 aliphatic heterocycles. The highest BCUT2D eigenvalue weighted by atomic mass is 16.6. The Labute approximate surface area is 213 Å². The second-order valence-corrected chi connectivity index (χ2v) is 9.90. The number of unbranched alkanes of at least 4 members (excludes halogenated alkanes) is 13. The van der Waals surface area contributed by atoms with Crippen molar-refractivity contribution in [3.63, 3.8) is 0 Å². The SMILES string of the molecule is CCCCCCCCCCCCCCCCOCC1CCC(COC(=O)NCc2ccccn2)O1. The van der Waals surface area contributed by atoms with E-state index in [1.807, 2.05) is 18.2 Å². The Morgan fingerprint density at radius 2 is 1.49 bits per heavy atom. The van der Waals surface area contributed by atoms with Crippen molar-refractivity contribution < 1.29 is 19.0 Å². The van der Waals surface area contributed by atoms with Crippen molar-refractivity contribution in [2.45, 2.75) is 128 Å². The average molecular weight is 491 g/mol. The third-order valence-corrected chi connectivity index (χ3v) is 6.68. The Morgan fingerprint density at radius 3 is 2.09 bits per heavy atom. The number of aromatic nitrogens is 1. The molecule has 0 spiro atoms. The van der Waals surface area contributed by atoms with Gasteiger partial charge in [0.25, 0.3) is 0 Å². The van der Waals surface area contributed by atoms with Gasteiger partial charge in [0.2, 0.25) is 0 Å². The van der Waals surface area contributed by atoms with Crippen LogP contribution in [0.3, 0.4) is 0 Å². The number of alkyl carbamates (subject to hydrolysis) is 1. The van der Waals surface area contributed by atoms with Gasteiger partial charge in [-0.05, 0) is 31.4 Å². The molecule has 2 atom stereocenters. The Morgan fingerprint density at radius 1 is 0.886 bits per heavy atom. The fraction of sp³-hybridized carbons (Fsp3) is 0.793. The molecular weight excluding hydrogens is 440 g/mol. The van der Waals surface area contributed by atoms with Crippen LogP contribution < -0.4 is 5.32 Å². The molecule has 1 N–H and O–H groups in total. The van der Waals surface area contributed by atoms with Crippen LogP contribution in [-0.4, -0.2) is 43.1 Å². The summed E-state index contributed by atoms with van der Waals surface area (Å²) in [4.78, 5) is 16.0. The zero-order valence-corrected chi connectivity index (χ0v) is 22.2. The number of nitrogens with one attached hydrogen (secondary N) is 1. The quantitative estimate of drug-likeness (QED) is 0.182. The van der Waals surface area contributed by atoms with Gasteiger partial charge < -0.3 is 19.5 Å². The second-order valence-electron chi connectivity index (χ2n) is 9.90. The van der Waals surface area contributed by atoms with Gasteiger partial charge in [0, 0.05) is 12.8 Å². The average Bonchev–Trinajstić information content (AvgIpc) is 3.34. The summed E-state index contributed by atoms with van der Waals surface area (Å²) >= 11 is 0. The summed E-state index contributed by atoms with van der Waals surface area (Å²) in [6.45, 7) is 4.38. The van der Waals surface area contributed by atoms with Crippen molar-refractivity contribution >= 4 is 6.09 Å². The molecule has 1 saturated heterocycles. The van der Waals surface area contributed by atoms with Gasteiger partial charge in [-0.3, -0.25) is 4.98 Å². The summed E-state index contributed by atoms with van der Waals surface area (Å²) in [5.74, 6) is 0. The first-order valence-corrected chi connectivity index (χ1v) is 14.3. The van der Waals surface area contributed by atoms with E-state index >= 15 is 0 Å². The Bertz CT molecular complexity index is 628. The van der Waals surface area contributed by atoms with Crippen LogP contribution >= 0.6 is 0 Å². The van der Waals surface area contributed by atoms with Crippen molar-refractivity contribution in [1.29, 1.82) is 0 Å². The van der Waals surface area contributed by atoms with Crippen molar-refractivity contribution in [2.24, 2.45) is 0 Å². The molecule has 1 aliphatic rings. The lowest BCUT2D eigenvalue weighted by Gasteiger charge is -2.14. The Kier molecular flexibility index (Phi) is 17.3. The topological polar surface area (TPSA) is 69.7 Å². The standard InChI is InChI=1S/C29H50N2O4/c1-2-3-4-5-6-7-8-9-10-11-12-13-14-17-22-33-24-27-19-20-28(35-27)25-34-29(32)31-23-26-18-15-16-21-30-26/h15-16,18,21,27-28H,2-14,17,19-20,22-25H2,1H3,(H,31,32). The minimum atomic E-state index is -0.434. The number of nitrogens with zero attached hydrogens (tertiary/aromatic N) is 1. The number of ether oxygens (including phenoxy) is 3. The largest absolute Gasteiger partial charge is 0.447 e. The number of pyridine rings is 1. The van der Waals surface area contributed by atoms with Crippen LogP contribution in [0, 0.1) is 0 Å². The normalized spacial score (nSPS) is 17.5. The molecule has 0 bridgehead atoms. The maximum absolute atomic E-state index is 11.9. The molecule has 1 aromatic heterocycles. The van der Waals surface area contributed by atoms with Crippen molar-refractivity contribution in [3.05, 3.63) is 30.1 Å².